The topological polar surface area (TPSA) is 37.0 Å². The third-order valence-corrected chi connectivity index (χ3v) is 3.72. The molecular weight excluding hydrogens is 222 g/mol. The van der Waals surface area contributed by atoms with Crippen LogP contribution in [0.3, 0.4) is 0 Å². The fourth-order valence-corrected chi connectivity index (χ4v) is 2.71. The van der Waals surface area contributed by atoms with E-state index in [1.54, 1.807) is 0 Å². The molecule has 0 aliphatic heterocycles. The van der Waals surface area contributed by atoms with E-state index in [2.05, 4.69) is 28.6 Å². The second-order valence-corrected chi connectivity index (χ2v) is 5.18. The minimum absolute atomic E-state index is 0.915. The lowest BCUT2D eigenvalue weighted by Crippen LogP contribution is -2.12. The molecule has 1 aliphatic carbocycles. The van der Waals surface area contributed by atoms with E-state index in [-0.39, 0.29) is 0 Å². The Labute approximate surface area is 110 Å². The van der Waals surface area contributed by atoms with Gasteiger partial charge in [-0.25, -0.2) is 4.98 Å². The van der Waals surface area contributed by atoms with Crippen molar-refractivity contribution in [2.24, 2.45) is 5.92 Å². The van der Waals surface area contributed by atoms with Gasteiger partial charge in [0.1, 0.15) is 5.82 Å². The highest BCUT2D eigenvalue weighted by Gasteiger charge is 2.12. The van der Waals surface area contributed by atoms with Crippen LogP contribution in [0.15, 0.2) is 18.3 Å². The summed E-state index contributed by atoms with van der Waals surface area (Å²) in [4.78, 5) is 4.28. The average molecular weight is 247 g/mol. The van der Waals surface area contributed by atoms with Crippen LogP contribution in [0.2, 0.25) is 0 Å². The summed E-state index contributed by atoms with van der Waals surface area (Å²) in [6.07, 6.45) is 10.3. The van der Waals surface area contributed by atoms with Crippen LogP contribution in [0.1, 0.15) is 45.4 Å². The smallest absolute Gasteiger partial charge is 0.127 e. The molecule has 0 unspecified atom stereocenters. The third-order valence-electron chi connectivity index (χ3n) is 3.72. The Morgan fingerprint density at radius 3 is 2.83 bits per heavy atom. The largest absolute Gasteiger partial charge is 0.385 e. The van der Waals surface area contributed by atoms with Crippen molar-refractivity contribution in [2.75, 3.05) is 23.7 Å². The van der Waals surface area contributed by atoms with Gasteiger partial charge in [0, 0.05) is 31.0 Å². The van der Waals surface area contributed by atoms with Crippen LogP contribution in [0.5, 0.6) is 0 Å². The van der Waals surface area contributed by atoms with Crippen LogP contribution in [-0.2, 0) is 0 Å². The van der Waals surface area contributed by atoms with Crippen molar-refractivity contribution in [3.05, 3.63) is 18.3 Å². The zero-order valence-corrected chi connectivity index (χ0v) is 11.4. The van der Waals surface area contributed by atoms with Crippen molar-refractivity contribution in [3.8, 4) is 0 Å². The number of pyridine rings is 1. The number of nitrogens with zero attached hydrogens (tertiary/aromatic N) is 1. The van der Waals surface area contributed by atoms with E-state index >= 15 is 0 Å². The molecule has 100 valence electrons. The molecule has 0 spiro atoms. The zero-order valence-electron chi connectivity index (χ0n) is 11.4. The van der Waals surface area contributed by atoms with Gasteiger partial charge >= 0.3 is 0 Å². The maximum absolute atomic E-state index is 4.28. The van der Waals surface area contributed by atoms with E-state index < -0.39 is 0 Å². The van der Waals surface area contributed by atoms with Crippen molar-refractivity contribution >= 4 is 11.5 Å². The van der Waals surface area contributed by atoms with Gasteiger partial charge in [0.25, 0.3) is 0 Å². The molecule has 0 aromatic carbocycles. The second-order valence-electron chi connectivity index (χ2n) is 5.18. The summed E-state index contributed by atoms with van der Waals surface area (Å²) >= 11 is 0. The predicted molar refractivity (Wildman–Crippen MR) is 78.1 cm³/mol. The van der Waals surface area contributed by atoms with E-state index in [4.69, 9.17) is 0 Å². The maximum Gasteiger partial charge on any atom is 0.127 e. The van der Waals surface area contributed by atoms with Gasteiger partial charge in [0.2, 0.25) is 0 Å². The lowest BCUT2D eigenvalue weighted by Gasteiger charge is -2.21. The number of rotatable bonds is 6. The molecule has 1 fully saturated rings. The normalized spacial score (nSPS) is 16.5. The molecule has 0 amide bonds. The molecule has 1 saturated carbocycles. The average Bonchev–Trinajstić information content (AvgIpc) is 2.41. The predicted octanol–water partition coefficient (Wildman–Crippen LogP) is 3.90. The van der Waals surface area contributed by atoms with Crippen LogP contribution in [0, 0.1) is 5.92 Å². The molecule has 3 nitrogen and oxygen atoms in total. The lowest BCUT2D eigenvalue weighted by atomic mass is 9.87. The van der Waals surface area contributed by atoms with Gasteiger partial charge in [0.15, 0.2) is 0 Å². The van der Waals surface area contributed by atoms with Gasteiger partial charge in [-0.3, -0.25) is 0 Å². The third kappa shape index (κ3) is 4.21. The van der Waals surface area contributed by atoms with E-state index in [9.17, 15) is 0 Å². The summed E-state index contributed by atoms with van der Waals surface area (Å²) < 4.78 is 0. The lowest BCUT2D eigenvalue weighted by molar-refractivity contribution is 0.345. The van der Waals surface area contributed by atoms with Gasteiger partial charge in [0.05, 0.1) is 0 Å². The zero-order chi connectivity index (χ0) is 12.6. The monoisotopic (exact) mass is 247 g/mol. The molecule has 1 aliphatic rings. The minimum atomic E-state index is 0.915. The summed E-state index contributed by atoms with van der Waals surface area (Å²) in [5, 5.41) is 6.75. The second kappa shape index (κ2) is 7.24. The Bertz CT molecular complexity index is 345. The van der Waals surface area contributed by atoms with E-state index in [1.165, 1.54) is 44.2 Å². The summed E-state index contributed by atoms with van der Waals surface area (Å²) in [7, 11) is 0. The molecule has 1 heterocycles. The number of nitrogens with one attached hydrogen (secondary N) is 2. The fraction of sp³-hybridized carbons (Fsp3) is 0.667. The first kappa shape index (κ1) is 13.2. The van der Waals surface area contributed by atoms with Gasteiger partial charge in [-0.15, -0.1) is 0 Å². The van der Waals surface area contributed by atoms with Gasteiger partial charge in [-0.2, -0.15) is 0 Å². The van der Waals surface area contributed by atoms with Crippen LogP contribution in [-0.4, -0.2) is 18.1 Å². The Hall–Kier alpha value is -1.25. The molecule has 1 aromatic rings. The van der Waals surface area contributed by atoms with Crippen molar-refractivity contribution in [3.63, 3.8) is 0 Å². The van der Waals surface area contributed by atoms with Gasteiger partial charge < -0.3 is 10.6 Å². The van der Waals surface area contributed by atoms with Crippen LogP contribution < -0.4 is 10.6 Å². The van der Waals surface area contributed by atoms with Crippen LogP contribution in [0.25, 0.3) is 0 Å². The van der Waals surface area contributed by atoms with Crippen molar-refractivity contribution < 1.29 is 0 Å². The first-order valence-corrected chi connectivity index (χ1v) is 7.32. The van der Waals surface area contributed by atoms with Gasteiger partial charge in [-0.1, -0.05) is 32.1 Å². The summed E-state index contributed by atoms with van der Waals surface area (Å²) in [6, 6.07) is 4.13. The molecular formula is C15H25N3. The highest BCUT2D eigenvalue weighted by molar-refractivity contribution is 5.51. The number of aromatic nitrogens is 1. The van der Waals surface area contributed by atoms with E-state index in [0.29, 0.717) is 0 Å². The molecule has 0 bridgehead atoms. The summed E-state index contributed by atoms with van der Waals surface area (Å²) in [5.74, 6) is 1.90. The SMILES string of the molecule is CCNc1cc(NCCC2CCCCC2)ccn1. The number of hydrogen-bond acceptors (Lipinski definition) is 3. The highest BCUT2D eigenvalue weighted by atomic mass is 15.0. The highest BCUT2D eigenvalue weighted by Crippen LogP contribution is 2.26. The first-order chi connectivity index (χ1) is 8.88. The minimum Gasteiger partial charge on any atom is -0.385 e. The first-order valence-electron chi connectivity index (χ1n) is 7.32. The number of anilines is 2. The van der Waals surface area contributed by atoms with Crippen molar-refractivity contribution in [1.82, 2.24) is 4.98 Å². The Morgan fingerprint density at radius 2 is 2.06 bits per heavy atom. The number of hydrogen-bond donors (Lipinski definition) is 2. The van der Waals surface area contributed by atoms with Crippen LogP contribution >= 0.6 is 0 Å². The van der Waals surface area contributed by atoms with Crippen molar-refractivity contribution in [1.29, 1.82) is 0 Å². The van der Waals surface area contributed by atoms with E-state index in [0.717, 1.165) is 24.8 Å². The molecule has 2 rings (SSSR count). The quantitative estimate of drug-likeness (QED) is 0.800. The molecule has 2 N–H and O–H groups in total. The fourth-order valence-electron chi connectivity index (χ4n) is 2.71. The van der Waals surface area contributed by atoms with Gasteiger partial charge in [-0.05, 0) is 25.3 Å². The maximum atomic E-state index is 4.28. The van der Waals surface area contributed by atoms with Crippen LogP contribution in [0.4, 0.5) is 11.5 Å². The Kier molecular flexibility index (Phi) is 5.31. The molecule has 0 saturated heterocycles. The molecule has 0 atom stereocenters. The van der Waals surface area contributed by atoms with Crippen molar-refractivity contribution in [2.45, 2.75) is 45.4 Å². The summed E-state index contributed by atoms with van der Waals surface area (Å²) in [6.45, 7) is 4.09. The standard InChI is InChI=1S/C15H25N3/c1-2-16-15-12-14(9-11-18-15)17-10-8-13-6-4-3-5-7-13/h9,11-13H,2-8,10H2,1H3,(H2,16,17,18). The van der Waals surface area contributed by atoms with E-state index in [1.807, 2.05) is 12.3 Å². The Balaban J connectivity index is 1.73. The summed E-state index contributed by atoms with van der Waals surface area (Å²) in [5.41, 5.74) is 1.18. The molecule has 18 heavy (non-hydrogen) atoms. The Morgan fingerprint density at radius 1 is 1.22 bits per heavy atom. The molecule has 3 heteroatoms. The molecule has 1 aromatic heterocycles. The molecule has 0 radical (unpaired) electrons.